The number of benzene rings is 1. The SMILES string of the molecule is COCCN1CC(C(=O)c2ccc(Cc3ccc(F)cc3)o2)C(=O)C1=O. The molecule has 6 nitrogen and oxygen atoms in total. The van der Waals surface area contributed by atoms with Gasteiger partial charge in [-0.2, -0.15) is 0 Å². The summed E-state index contributed by atoms with van der Waals surface area (Å²) < 4.78 is 23.4. The van der Waals surface area contributed by atoms with Crippen molar-refractivity contribution in [3.8, 4) is 0 Å². The monoisotopic (exact) mass is 359 g/mol. The smallest absolute Gasteiger partial charge is 0.290 e. The fourth-order valence-corrected chi connectivity index (χ4v) is 2.87. The van der Waals surface area contributed by atoms with Gasteiger partial charge in [-0.05, 0) is 29.8 Å². The van der Waals surface area contributed by atoms with E-state index < -0.39 is 23.4 Å². The first kappa shape index (κ1) is 18.0. The molecule has 0 spiro atoms. The van der Waals surface area contributed by atoms with Crippen LogP contribution < -0.4 is 0 Å². The molecule has 7 heteroatoms. The Morgan fingerprint density at radius 2 is 1.96 bits per heavy atom. The normalized spacial score (nSPS) is 17.2. The summed E-state index contributed by atoms with van der Waals surface area (Å²) in [7, 11) is 1.50. The first-order chi connectivity index (χ1) is 12.5. The summed E-state index contributed by atoms with van der Waals surface area (Å²) in [4.78, 5) is 37.9. The fourth-order valence-electron chi connectivity index (χ4n) is 2.87. The van der Waals surface area contributed by atoms with Crippen molar-refractivity contribution in [3.63, 3.8) is 0 Å². The number of amides is 1. The minimum Gasteiger partial charge on any atom is -0.458 e. The minimum absolute atomic E-state index is 0.0356. The van der Waals surface area contributed by atoms with Crippen LogP contribution in [0.4, 0.5) is 4.39 Å². The van der Waals surface area contributed by atoms with Gasteiger partial charge in [0, 0.05) is 26.6 Å². The third-order valence-electron chi connectivity index (χ3n) is 4.30. The lowest BCUT2D eigenvalue weighted by Crippen LogP contribution is -2.30. The summed E-state index contributed by atoms with van der Waals surface area (Å²) in [6.45, 7) is 0.592. The molecule has 1 atom stereocenters. The van der Waals surface area contributed by atoms with Crippen molar-refractivity contribution < 1.29 is 27.9 Å². The zero-order chi connectivity index (χ0) is 18.7. The summed E-state index contributed by atoms with van der Waals surface area (Å²) in [5, 5.41) is 0. The third-order valence-corrected chi connectivity index (χ3v) is 4.30. The number of ketones is 2. The molecule has 0 N–H and O–H groups in total. The fraction of sp³-hybridized carbons (Fsp3) is 0.316. The molecule has 1 amide bonds. The molecule has 3 rings (SSSR count). The van der Waals surface area contributed by atoms with Crippen LogP contribution in [-0.4, -0.2) is 49.2 Å². The number of methoxy groups -OCH3 is 1. The molecule has 136 valence electrons. The lowest BCUT2D eigenvalue weighted by molar-refractivity contribution is -0.140. The van der Waals surface area contributed by atoms with E-state index in [4.69, 9.17) is 9.15 Å². The van der Waals surface area contributed by atoms with Gasteiger partial charge >= 0.3 is 0 Å². The highest BCUT2D eigenvalue weighted by Crippen LogP contribution is 2.22. The van der Waals surface area contributed by atoms with Crippen molar-refractivity contribution in [2.24, 2.45) is 5.92 Å². The van der Waals surface area contributed by atoms with Crippen LogP contribution >= 0.6 is 0 Å². The van der Waals surface area contributed by atoms with E-state index in [-0.39, 0.29) is 24.7 Å². The summed E-state index contributed by atoms with van der Waals surface area (Å²) in [6.07, 6.45) is 0.394. The lowest BCUT2D eigenvalue weighted by atomic mass is 10.0. The Kier molecular flexibility index (Phi) is 5.27. The van der Waals surface area contributed by atoms with Crippen molar-refractivity contribution in [2.75, 3.05) is 26.8 Å². The van der Waals surface area contributed by atoms with Crippen LogP contribution in [-0.2, 0) is 20.7 Å². The second-order valence-corrected chi connectivity index (χ2v) is 6.09. The second-order valence-electron chi connectivity index (χ2n) is 6.09. The molecule has 0 saturated carbocycles. The maximum absolute atomic E-state index is 12.9. The van der Waals surface area contributed by atoms with Crippen LogP contribution in [0.3, 0.4) is 0 Å². The number of rotatable bonds is 7. The molecule has 2 aromatic rings. The summed E-state index contributed by atoms with van der Waals surface area (Å²) in [6, 6.07) is 9.10. The van der Waals surface area contributed by atoms with E-state index in [9.17, 15) is 18.8 Å². The molecule has 1 aromatic carbocycles. The molecule has 1 aromatic heterocycles. The molecule has 1 fully saturated rings. The molecule has 1 aliphatic rings. The quantitative estimate of drug-likeness (QED) is 0.428. The highest BCUT2D eigenvalue weighted by atomic mass is 19.1. The number of halogens is 1. The first-order valence-corrected chi connectivity index (χ1v) is 8.19. The Labute approximate surface area is 149 Å². The van der Waals surface area contributed by atoms with Crippen molar-refractivity contribution in [1.82, 2.24) is 4.90 Å². The van der Waals surface area contributed by atoms with Crippen LogP contribution in [0.1, 0.15) is 21.9 Å². The highest BCUT2D eigenvalue weighted by molar-refractivity contribution is 6.43. The molecular formula is C19H18FNO5. The Morgan fingerprint density at radius 1 is 1.23 bits per heavy atom. The van der Waals surface area contributed by atoms with Gasteiger partial charge in [0.15, 0.2) is 5.76 Å². The van der Waals surface area contributed by atoms with Crippen molar-refractivity contribution in [1.29, 1.82) is 0 Å². The molecular weight excluding hydrogens is 341 g/mol. The molecule has 2 heterocycles. The van der Waals surface area contributed by atoms with Crippen LogP contribution in [0.5, 0.6) is 0 Å². The Bertz CT molecular complexity index is 827. The average Bonchev–Trinajstić information content (AvgIpc) is 3.21. The summed E-state index contributed by atoms with van der Waals surface area (Å²) in [5.41, 5.74) is 0.831. The van der Waals surface area contributed by atoms with Crippen molar-refractivity contribution >= 4 is 17.5 Å². The largest absolute Gasteiger partial charge is 0.458 e. The van der Waals surface area contributed by atoms with Gasteiger partial charge in [0.25, 0.3) is 5.91 Å². The van der Waals surface area contributed by atoms with Crippen LogP contribution in [0.2, 0.25) is 0 Å². The number of likely N-dealkylation sites (tertiary alicyclic amines) is 1. The van der Waals surface area contributed by atoms with Crippen LogP contribution in [0.15, 0.2) is 40.8 Å². The van der Waals surface area contributed by atoms with E-state index in [1.807, 2.05) is 0 Å². The molecule has 0 radical (unpaired) electrons. The Hall–Kier alpha value is -2.80. The zero-order valence-electron chi connectivity index (χ0n) is 14.2. The second kappa shape index (κ2) is 7.61. The van der Waals surface area contributed by atoms with E-state index in [0.717, 1.165) is 5.56 Å². The molecule has 0 bridgehead atoms. The number of carbonyl (C=O) groups excluding carboxylic acids is 3. The topological polar surface area (TPSA) is 76.8 Å². The molecule has 1 aliphatic heterocycles. The van der Waals surface area contributed by atoms with Gasteiger partial charge in [-0.25, -0.2) is 4.39 Å². The molecule has 1 saturated heterocycles. The summed E-state index contributed by atoms with van der Waals surface area (Å²) in [5.74, 6) is -2.71. The maximum atomic E-state index is 12.9. The van der Waals surface area contributed by atoms with E-state index in [1.165, 1.54) is 30.2 Å². The van der Waals surface area contributed by atoms with E-state index >= 15 is 0 Å². The molecule has 26 heavy (non-hydrogen) atoms. The van der Waals surface area contributed by atoms with Gasteiger partial charge in [0.2, 0.25) is 11.6 Å². The maximum Gasteiger partial charge on any atom is 0.290 e. The number of hydrogen-bond acceptors (Lipinski definition) is 5. The first-order valence-electron chi connectivity index (χ1n) is 8.19. The van der Waals surface area contributed by atoms with Gasteiger partial charge in [-0.1, -0.05) is 12.1 Å². The Morgan fingerprint density at radius 3 is 2.65 bits per heavy atom. The lowest BCUT2D eigenvalue weighted by Gasteiger charge is -2.13. The van der Waals surface area contributed by atoms with Crippen molar-refractivity contribution in [2.45, 2.75) is 6.42 Å². The van der Waals surface area contributed by atoms with Crippen LogP contribution in [0, 0.1) is 11.7 Å². The number of hydrogen-bond donors (Lipinski definition) is 0. The Balaban J connectivity index is 1.68. The molecule has 0 aliphatic carbocycles. The standard InChI is InChI=1S/C19H18FNO5/c1-25-9-8-21-11-15(18(23)19(21)24)17(22)16-7-6-14(26-16)10-12-2-4-13(20)5-3-12/h2-7,15H,8-11H2,1H3. The van der Waals surface area contributed by atoms with Gasteiger partial charge in [-0.3, -0.25) is 14.4 Å². The third kappa shape index (κ3) is 3.72. The number of nitrogens with zero attached hydrogens (tertiary/aromatic N) is 1. The van der Waals surface area contributed by atoms with Gasteiger partial charge in [-0.15, -0.1) is 0 Å². The van der Waals surface area contributed by atoms with E-state index in [0.29, 0.717) is 18.8 Å². The molecule has 1 unspecified atom stereocenters. The number of furan rings is 1. The zero-order valence-corrected chi connectivity index (χ0v) is 14.2. The van der Waals surface area contributed by atoms with E-state index in [1.54, 1.807) is 18.2 Å². The number of carbonyl (C=O) groups is 3. The predicted molar refractivity (Wildman–Crippen MR) is 89.2 cm³/mol. The van der Waals surface area contributed by atoms with Gasteiger partial charge < -0.3 is 14.1 Å². The average molecular weight is 359 g/mol. The van der Waals surface area contributed by atoms with Crippen molar-refractivity contribution in [3.05, 3.63) is 59.3 Å². The predicted octanol–water partition coefficient (Wildman–Crippen LogP) is 1.87. The van der Waals surface area contributed by atoms with Crippen LogP contribution in [0.25, 0.3) is 0 Å². The summed E-state index contributed by atoms with van der Waals surface area (Å²) >= 11 is 0. The number of ether oxygens (including phenoxy) is 1. The van der Waals surface area contributed by atoms with Gasteiger partial charge in [0.05, 0.1) is 6.61 Å². The highest BCUT2D eigenvalue weighted by Gasteiger charge is 2.43. The van der Waals surface area contributed by atoms with E-state index in [2.05, 4.69) is 0 Å². The van der Waals surface area contributed by atoms with Gasteiger partial charge in [0.1, 0.15) is 17.5 Å². The number of Topliss-reactive ketones (excluding diaryl/α,β-unsaturated/α-hetero) is 2. The minimum atomic E-state index is -1.05.